The van der Waals surface area contributed by atoms with Crippen LogP contribution in [-0.2, 0) is 4.74 Å². The predicted molar refractivity (Wildman–Crippen MR) is 37.5 cm³/mol. The minimum Gasteiger partial charge on any atom is -0.381 e. The Hall–Kier alpha value is -0.0800. The summed E-state index contributed by atoms with van der Waals surface area (Å²) in [7, 11) is 0. The van der Waals surface area contributed by atoms with Gasteiger partial charge in [0.05, 0.1) is 0 Å². The average molecular weight is 129 g/mol. The van der Waals surface area contributed by atoms with Gasteiger partial charge in [0.25, 0.3) is 0 Å². The van der Waals surface area contributed by atoms with Crippen molar-refractivity contribution in [3.8, 4) is 0 Å². The average Bonchev–Trinajstić information content (AvgIpc) is 1.91. The molecule has 1 aliphatic heterocycles. The Morgan fingerprint density at radius 1 is 1.44 bits per heavy atom. The minimum absolute atomic E-state index is 0.726. The number of nitrogens with one attached hydrogen (secondary N) is 1. The summed E-state index contributed by atoms with van der Waals surface area (Å²) in [4.78, 5) is 0. The van der Waals surface area contributed by atoms with E-state index in [-0.39, 0.29) is 0 Å². The van der Waals surface area contributed by atoms with E-state index in [1.165, 1.54) is 12.8 Å². The van der Waals surface area contributed by atoms with Crippen LogP contribution in [0.15, 0.2) is 0 Å². The van der Waals surface area contributed by atoms with Crippen LogP contribution in [0.3, 0.4) is 0 Å². The summed E-state index contributed by atoms with van der Waals surface area (Å²) < 4.78 is 5.21. The lowest BCUT2D eigenvalue weighted by Gasteiger charge is -2.22. The van der Waals surface area contributed by atoms with Gasteiger partial charge >= 0.3 is 0 Å². The van der Waals surface area contributed by atoms with E-state index < -0.39 is 0 Å². The van der Waals surface area contributed by atoms with Gasteiger partial charge in [-0.05, 0) is 19.4 Å². The molecule has 0 bridgehead atoms. The Morgan fingerprint density at radius 2 is 2.11 bits per heavy atom. The van der Waals surface area contributed by atoms with E-state index in [4.69, 9.17) is 4.74 Å². The molecule has 0 spiro atoms. The summed E-state index contributed by atoms with van der Waals surface area (Å²) in [5.74, 6) is 0. The molecular formula is C7H15NO. The fraction of sp³-hybridized carbons (Fsp3) is 1.00. The molecule has 0 amide bonds. The predicted octanol–water partition coefficient (Wildman–Crippen LogP) is 0.775. The van der Waals surface area contributed by atoms with E-state index >= 15 is 0 Å². The van der Waals surface area contributed by atoms with Crippen LogP contribution in [0, 0.1) is 0 Å². The van der Waals surface area contributed by atoms with Crippen molar-refractivity contribution in [2.75, 3.05) is 19.8 Å². The molecule has 1 N–H and O–H groups in total. The van der Waals surface area contributed by atoms with E-state index in [2.05, 4.69) is 12.2 Å². The van der Waals surface area contributed by atoms with Gasteiger partial charge < -0.3 is 10.1 Å². The second kappa shape index (κ2) is 3.85. The summed E-state index contributed by atoms with van der Waals surface area (Å²) in [5, 5.41) is 3.40. The molecule has 1 fully saturated rings. The molecule has 2 nitrogen and oxygen atoms in total. The topological polar surface area (TPSA) is 21.3 Å². The van der Waals surface area contributed by atoms with Crippen molar-refractivity contribution in [2.45, 2.75) is 25.8 Å². The Labute approximate surface area is 56.6 Å². The van der Waals surface area contributed by atoms with Crippen LogP contribution >= 0.6 is 0 Å². The lowest BCUT2D eigenvalue weighted by molar-refractivity contribution is 0.0785. The SMILES string of the molecule is CCNC1CCOCC1. The summed E-state index contributed by atoms with van der Waals surface area (Å²) in [6.07, 6.45) is 2.38. The van der Waals surface area contributed by atoms with Crippen LogP contribution in [0.25, 0.3) is 0 Å². The quantitative estimate of drug-likeness (QED) is 0.594. The fourth-order valence-electron chi connectivity index (χ4n) is 1.19. The van der Waals surface area contributed by atoms with Crippen molar-refractivity contribution in [3.63, 3.8) is 0 Å². The summed E-state index contributed by atoms with van der Waals surface area (Å²) in [6, 6.07) is 0.726. The molecule has 0 radical (unpaired) electrons. The Bertz CT molecular complexity index is 66.6. The van der Waals surface area contributed by atoms with Crippen LogP contribution in [-0.4, -0.2) is 25.8 Å². The highest BCUT2D eigenvalue weighted by atomic mass is 16.5. The molecule has 0 aromatic heterocycles. The van der Waals surface area contributed by atoms with Crippen LogP contribution in [0.5, 0.6) is 0 Å². The Kier molecular flexibility index (Phi) is 3.01. The van der Waals surface area contributed by atoms with Gasteiger partial charge in [-0.3, -0.25) is 0 Å². The van der Waals surface area contributed by atoms with Gasteiger partial charge in [-0.25, -0.2) is 0 Å². The van der Waals surface area contributed by atoms with Crippen molar-refractivity contribution in [1.29, 1.82) is 0 Å². The second-order valence-electron chi connectivity index (χ2n) is 2.44. The minimum atomic E-state index is 0.726. The molecule has 0 saturated carbocycles. The fourth-order valence-corrected chi connectivity index (χ4v) is 1.19. The highest BCUT2D eigenvalue weighted by Gasteiger charge is 2.10. The number of hydrogen-bond donors (Lipinski definition) is 1. The van der Waals surface area contributed by atoms with Crippen molar-refractivity contribution in [1.82, 2.24) is 5.32 Å². The lowest BCUT2D eigenvalue weighted by atomic mass is 10.1. The van der Waals surface area contributed by atoms with Gasteiger partial charge in [-0.1, -0.05) is 6.92 Å². The zero-order valence-corrected chi connectivity index (χ0v) is 6.02. The van der Waals surface area contributed by atoms with Gasteiger partial charge in [-0.2, -0.15) is 0 Å². The van der Waals surface area contributed by atoms with Crippen molar-refractivity contribution >= 4 is 0 Å². The number of rotatable bonds is 2. The maximum absolute atomic E-state index is 5.21. The van der Waals surface area contributed by atoms with E-state index in [9.17, 15) is 0 Å². The van der Waals surface area contributed by atoms with E-state index in [1.807, 2.05) is 0 Å². The lowest BCUT2D eigenvalue weighted by Crippen LogP contribution is -2.34. The first-order valence-electron chi connectivity index (χ1n) is 3.74. The number of ether oxygens (including phenoxy) is 1. The Balaban J connectivity index is 2.08. The van der Waals surface area contributed by atoms with Gasteiger partial charge in [0.15, 0.2) is 0 Å². The highest BCUT2D eigenvalue weighted by Crippen LogP contribution is 2.04. The first kappa shape index (κ1) is 7.03. The van der Waals surface area contributed by atoms with E-state index in [0.29, 0.717) is 0 Å². The maximum Gasteiger partial charge on any atom is 0.0480 e. The number of hydrogen-bond acceptors (Lipinski definition) is 2. The van der Waals surface area contributed by atoms with Crippen LogP contribution < -0.4 is 5.32 Å². The van der Waals surface area contributed by atoms with Crippen LogP contribution in [0.1, 0.15) is 19.8 Å². The normalized spacial score (nSPS) is 22.3. The molecule has 54 valence electrons. The standard InChI is InChI=1S/C7H15NO/c1-2-8-7-3-5-9-6-4-7/h7-8H,2-6H2,1H3. The summed E-state index contributed by atoms with van der Waals surface area (Å²) >= 11 is 0. The second-order valence-corrected chi connectivity index (χ2v) is 2.44. The third-order valence-corrected chi connectivity index (χ3v) is 1.71. The Morgan fingerprint density at radius 3 is 2.67 bits per heavy atom. The first-order chi connectivity index (χ1) is 4.43. The molecule has 1 saturated heterocycles. The first-order valence-corrected chi connectivity index (χ1v) is 3.74. The zero-order valence-electron chi connectivity index (χ0n) is 6.02. The molecule has 2 heteroatoms. The van der Waals surface area contributed by atoms with Crippen molar-refractivity contribution < 1.29 is 4.74 Å². The summed E-state index contributed by atoms with van der Waals surface area (Å²) in [6.45, 7) is 5.12. The summed E-state index contributed by atoms with van der Waals surface area (Å²) in [5.41, 5.74) is 0. The molecule has 1 rings (SSSR count). The molecule has 9 heavy (non-hydrogen) atoms. The monoisotopic (exact) mass is 129 g/mol. The smallest absolute Gasteiger partial charge is 0.0480 e. The van der Waals surface area contributed by atoms with Gasteiger partial charge in [0.1, 0.15) is 0 Å². The largest absolute Gasteiger partial charge is 0.381 e. The molecule has 0 aromatic carbocycles. The molecule has 1 heterocycles. The van der Waals surface area contributed by atoms with Crippen molar-refractivity contribution in [3.05, 3.63) is 0 Å². The van der Waals surface area contributed by atoms with Gasteiger partial charge in [-0.15, -0.1) is 0 Å². The maximum atomic E-state index is 5.21. The third kappa shape index (κ3) is 2.33. The molecule has 0 unspecified atom stereocenters. The van der Waals surface area contributed by atoms with E-state index in [0.717, 1.165) is 25.8 Å². The van der Waals surface area contributed by atoms with Crippen LogP contribution in [0.2, 0.25) is 0 Å². The highest BCUT2D eigenvalue weighted by molar-refractivity contribution is 4.68. The molecule has 0 aliphatic carbocycles. The molecule has 0 aromatic rings. The molecule has 0 atom stereocenters. The van der Waals surface area contributed by atoms with Crippen molar-refractivity contribution in [2.24, 2.45) is 0 Å². The molecule has 1 aliphatic rings. The third-order valence-electron chi connectivity index (χ3n) is 1.71. The molecular weight excluding hydrogens is 114 g/mol. The van der Waals surface area contributed by atoms with Gasteiger partial charge in [0.2, 0.25) is 0 Å². The van der Waals surface area contributed by atoms with Crippen LogP contribution in [0.4, 0.5) is 0 Å². The van der Waals surface area contributed by atoms with E-state index in [1.54, 1.807) is 0 Å². The zero-order chi connectivity index (χ0) is 6.53. The van der Waals surface area contributed by atoms with Gasteiger partial charge in [0, 0.05) is 19.3 Å².